The molecule has 0 saturated carbocycles. The van der Waals surface area contributed by atoms with Gasteiger partial charge in [0, 0.05) is 24.5 Å². The van der Waals surface area contributed by atoms with E-state index in [2.05, 4.69) is 33.9 Å². The van der Waals surface area contributed by atoms with E-state index in [1.54, 1.807) is 7.11 Å². The molecule has 7 heteroatoms. The first-order valence-corrected chi connectivity index (χ1v) is 8.73. The fraction of sp³-hybridized carbons (Fsp3) is 0.579. The van der Waals surface area contributed by atoms with Crippen LogP contribution < -0.4 is 20.7 Å². The summed E-state index contributed by atoms with van der Waals surface area (Å²) < 4.78 is 5.42. The second-order valence-corrected chi connectivity index (χ2v) is 7.02. The van der Waals surface area contributed by atoms with Crippen molar-refractivity contribution in [2.24, 2.45) is 4.99 Å². The third kappa shape index (κ3) is 9.26. The molecule has 148 valence electrons. The molecule has 0 saturated heterocycles. The summed E-state index contributed by atoms with van der Waals surface area (Å²) >= 11 is 0. The van der Waals surface area contributed by atoms with E-state index in [-0.39, 0.29) is 47.9 Å². The summed E-state index contributed by atoms with van der Waals surface area (Å²) in [6.07, 6.45) is 0. The normalized spacial score (nSPS) is 12.6. The molecule has 0 aliphatic heterocycles. The van der Waals surface area contributed by atoms with Crippen LogP contribution in [0.15, 0.2) is 29.3 Å². The molecule has 26 heavy (non-hydrogen) atoms. The van der Waals surface area contributed by atoms with Crippen LogP contribution in [0.3, 0.4) is 0 Å². The molecule has 0 aliphatic carbocycles. The largest absolute Gasteiger partial charge is 0.496 e. The summed E-state index contributed by atoms with van der Waals surface area (Å²) in [5.41, 5.74) is 0.885. The number of hydrogen-bond acceptors (Lipinski definition) is 3. The van der Waals surface area contributed by atoms with Gasteiger partial charge < -0.3 is 20.7 Å². The zero-order chi connectivity index (χ0) is 18.9. The first kappa shape index (κ1) is 24.5. The summed E-state index contributed by atoms with van der Waals surface area (Å²) in [6.45, 7) is 11.5. The maximum absolute atomic E-state index is 11.9. The molecule has 0 radical (unpaired) electrons. The Labute approximate surface area is 174 Å². The number of carbonyl (C=O) groups is 1. The predicted molar refractivity (Wildman–Crippen MR) is 119 cm³/mol. The first-order chi connectivity index (χ1) is 11.8. The van der Waals surface area contributed by atoms with Crippen molar-refractivity contribution in [2.45, 2.75) is 46.1 Å². The van der Waals surface area contributed by atoms with Crippen LogP contribution in [0.5, 0.6) is 5.75 Å². The van der Waals surface area contributed by atoms with Crippen molar-refractivity contribution >= 4 is 35.8 Å². The second-order valence-electron chi connectivity index (χ2n) is 7.02. The number of ether oxygens (including phenoxy) is 1. The standard InChI is InChI=1S/C19H32N4O2.HI/c1-7-20-18(22-13-17(24)23-19(3,4)5)21-12-14(2)15-10-8-9-11-16(15)25-6;/h8-11,14H,7,12-13H2,1-6H3,(H,23,24)(H2,20,21,22);1H. The van der Waals surface area contributed by atoms with Gasteiger partial charge in [-0.25, -0.2) is 4.99 Å². The van der Waals surface area contributed by atoms with Crippen LogP contribution in [0.2, 0.25) is 0 Å². The van der Waals surface area contributed by atoms with Crippen LogP contribution in [-0.2, 0) is 4.79 Å². The van der Waals surface area contributed by atoms with E-state index in [1.807, 2.05) is 45.9 Å². The number of halogens is 1. The van der Waals surface area contributed by atoms with Gasteiger partial charge in [-0.3, -0.25) is 4.79 Å². The maximum atomic E-state index is 11.9. The van der Waals surface area contributed by atoms with Crippen molar-refractivity contribution < 1.29 is 9.53 Å². The van der Waals surface area contributed by atoms with Crippen LogP contribution in [0, 0.1) is 0 Å². The summed E-state index contributed by atoms with van der Waals surface area (Å²) in [5.74, 6) is 1.66. The van der Waals surface area contributed by atoms with Gasteiger partial charge in [-0.2, -0.15) is 0 Å². The topological polar surface area (TPSA) is 74.8 Å². The Hall–Kier alpha value is -1.51. The number of aliphatic imine (C=N–C) groups is 1. The van der Waals surface area contributed by atoms with Gasteiger partial charge in [0.15, 0.2) is 5.96 Å². The monoisotopic (exact) mass is 476 g/mol. The third-order valence-electron chi connectivity index (χ3n) is 3.48. The highest BCUT2D eigenvalue weighted by Gasteiger charge is 2.14. The van der Waals surface area contributed by atoms with Gasteiger partial charge in [0.2, 0.25) is 5.91 Å². The van der Waals surface area contributed by atoms with E-state index < -0.39 is 0 Å². The zero-order valence-corrected chi connectivity index (χ0v) is 19.0. The molecular weight excluding hydrogens is 443 g/mol. The summed E-state index contributed by atoms with van der Waals surface area (Å²) in [7, 11) is 1.68. The molecule has 1 rings (SSSR count). The molecule has 1 unspecified atom stereocenters. The Balaban J connectivity index is 0.00000625. The van der Waals surface area contributed by atoms with Crippen LogP contribution in [0.1, 0.15) is 46.1 Å². The van der Waals surface area contributed by atoms with E-state index in [9.17, 15) is 4.79 Å². The molecule has 0 aliphatic rings. The van der Waals surface area contributed by atoms with Crippen molar-refractivity contribution in [3.8, 4) is 5.75 Å². The van der Waals surface area contributed by atoms with Gasteiger partial charge in [0.05, 0.1) is 7.11 Å². The average molecular weight is 476 g/mol. The van der Waals surface area contributed by atoms with E-state index in [0.717, 1.165) is 17.9 Å². The fourth-order valence-corrected chi connectivity index (χ4v) is 2.38. The number of nitrogens with zero attached hydrogens (tertiary/aromatic N) is 1. The van der Waals surface area contributed by atoms with Crippen molar-refractivity contribution in [2.75, 3.05) is 26.7 Å². The number of amides is 1. The minimum absolute atomic E-state index is 0. The highest BCUT2D eigenvalue weighted by molar-refractivity contribution is 14.0. The van der Waals surface area contributed by atoms with E-state index in [1.165, 1.54) is 0 Å². The van der Waals surface area contributed by atoms with Gasteiger partial charge in [0.1, 0.15) is 12.3 Å². The molecule has 3 N–H and O–H groups in total. The lowest BCUT2D eigenvalue weighted by Gasteiger charge is -2.20. The number of rotatable bonds is 7. The molecule has 6 nitrogen and oxygen atoms in total. The maximum Gasteiger partial charge on any atom is 0.242 e. The number of nitrogens with one attached hydrogen (secondary N) is 3. The minimum atomic E-state index is -0.253. The Morgan fingerprint density at radius 3 is 2.46 bits per heavy atom. The SMILES string of the molecule is CCNC(=NCC(=O)NC(C)(C)C)NCC(C)c1ccccc1OC.I. The molecular formula is C19H33IN4O2. The molecule has 1 amide bonds. The van der Waals surface area contributed by atoms with Gasteiger partial charge in [0.25, 0.3) is 0 Å². The molecule has 0 fully saturated rings. The fourth-order valence-electron chi connectivity index (χ4n) is 2.38. The highest BCUT2D eigenvalue weighted by atomic mass is 127. The molecule has 1 aromatic carbocycles. The molecule has 0 spiro atoms. The quantitative estimate of drug-likeness (QED) is 0.322. The molecule has 1 atom stereocenters. The molecule has 0 bridgehead atoms. The Morgan fingerprint density at radius 2 is 1.88 bits per heavy atom. The van der Waals surface area contributed by atoms with Crippen LogP contribution >= 0.6 is 24.0 Å². The van der Waals surface area contributed by atoms with Gasteiger partial charge in [-0.05, 0) is 39.3 Å². The highest BCUT2D eigenvalue weighted by Crippen LogP contribution is 2.25. The van der Waals surface area contributed by atoms with E-state index in [0.29, 0.717) is 12.5 Å². The predicted octanol–water partition coefficient (Wildman–Crippen LogP) is 2.89. The number of benzene rings is 1. The first-order valence-electron chi connectivity index (χ1n) is 8.73. The number of para-hydroxylation sites is 1. The third-order valence-corrected chi connectivity index (χ3v) is 3.48. The minimum Gasteiger partial charge on any atom is -0.496 e. The molecule has 0 heterocycles. The number of hydrogen-bond donors (Lipinski definition) is 3. The van der Waals surface area contributed by atoms with Crippen molar-refractivity contribution in [3.63, 3.8) is 0 Å². The van der Waals surface area contributed by atoms with Gasteiger partial charge in [-0.1, -0.05) is 25.1 Å². The van der Waals surface area contributed by atoms with E-state index in [4.69, 9.17) is 4.74 Å². The Bertz CT molecular complexity index is 585. The summed E-state index contributed by atoms with van der Waals surface area (Å²) in [5, 5.41) is 9.36. The lowest BCUT2D eigenvalue weighted by molar-refractivity contribution is -0.121. The van der Waals surface area contributed by atoms with Crippen LogP contribution in [-0.4, -0.2) is 44.1 Å². The number of methoxy groups -OCH3 is 1. The summed E-state index contributed by atoms with van der Waals surface area (Å²) in [4.78, 5) is 16.3. The van der Waals surface area contributed by atoms with Crippen molar-refractivity contribution in [1.29, 1.82) is 0 Å². The average Bonchev–Trinajstić information content (AvgIpc) is 2.55. The van der Waals surface area contributed by atoms with E-state index >= 15 is 0 Å². The van der Waals surface area contributed by atoms with Crippen LogP contribution in [0.25, 0.3) is 0 Å². The van der Waals surface area contributed by atoms with Crippen LogP contribution in [0.4, 0.5) is 0 Å². The van der Waals surface area contributed by atoms with Crippen molar-refractivity contribution in [1.82, 2.24) is 16.0 Å². The Kier molecular flexibility index (Phi) is 11.3. The van der Waals surface area contributed by atoms with Gasteiger partial charge in [-0.15, -0.1) is 24.0 Å². The lowest BCUT2D eigenvalue weighted by Crippen LogP contribution is -2.43. The van der Waals surface area contributed by atoms with Gasteiger partial charge >= 0.3 is 0 Å². The lowest BCUT2D eigenvalue weighted by atomic mass is 10.0. The Morgan fingerprint density at radius 1 is 1.23 bits per heavy atom. The smallest absolute Gasteiger partial charge is 0.242 e. The second kappa shape index (κ2) is 12.0. The molecule has 0 aromatic heterocycles. The number of guanidine groups is 1. The van der Waals surface area contributed by atoms with Crippen molar-refractivity contribution in [3.05, 3.63) is 29.8 Å². The zero-order valence-electron chi connectivity index (χ0n) is 16.7. The molecule has 1 aromatic rings. The summed E-state index contributed by atoms with van der Waals surface area (Å²) in [6, 6.07) is 7.99. The number of carbonyl (C=O) groups excluding carboxylic acids is 1.